The maximum Gasteiger partial charge on any atom is 0.221 e. The van der Waals surface area contributed by atoms with E-state index in [9.17, 15) is 4.79 Å². The van der Waals surface area contributed by atoms with Crippen LogP contribution in [0.25, 0.3) is 0 Å². The first kappa shape index (κ1) is 19.1. The number of nitrogens with one attached hydrogen (secondary N) is 2. The lowest BCUT2D eigenvalue weighted by molar-refractivity contribution is -0.121. The van der Waals surface area contributed by atoms with Gasteiger partial charge in [-0.1, -0.05) is 29.8 Å². The number of halogens is 1. The van der Waals surface area contributed by atoms with Gasteiger partial charge in [0.05, 0.1) is 14.2 Å². The van der Waals surface area contributed by atoms with Gasteiger partial charge in [-0.3, -0.25) is 4.79 Å². The first-order valence-corrected chi connectivity index (χ1v) is 8.43. The van der Waals surface area contributed by atoms with E-state index in [1.54, 1.807) is 14.2 Å². The predicted molar refractivity (Wildman–Crippen MR) is 99.2 cm³/mol. The van der Waals surface area contributed by atoms with Crippen molar-refractivity contribution in [3.8, 4) is 11.5 Å². The molecule has 0 heterocycles. The second-order valence-corrected chi connectivity index (χ2v) is 5.96. The average Bonchev–Trinajstić information content (AvgIpc) is 2.64. The molecule has 0 aliphatic rings. The van der Waals surface area contributed by atoms with E-state index in [4.69, 9.17) is 21.1 Å². The van der Waals surface area contributed by atoms with Crippen LogP contribution in [0.3, 0.4) is 0 Å². The van der Waals surface area contributed by atoms with Crippen LogP contribution >= 0.6 is 11.6 Å². The lowest BCUT2D eigenvalue weighted by Crippen LogP contribution is -2.27. The number of benzene rings is 2. The van der Waals surface area contributed by atoms with Crippen molar-refractivity contribution < 1.29 is 14.3 Å². The van der Waals surface area contributed by atoms with Crippen LogP contribution in [0.2, 0.25) is 5.02 Å². The third kappa shape index (κ3) is 6.29. The van der Waals surface area contributed by atoms with Crippen LogP contribution in [0.15, 0.2) is 42.5 Å². The van der Waals surface area contributed by atoms with Crippen molar-refractivity contribution in [2.75, 3.05) is 20.8 Å². The summed E-state index contributed by atoms with van der Waals surface area (Å²) in [6, 6.07) is 13.2. The highest BCUT2D eigenvalue weighted by Gasteiger charge is 2.05. The molecule has 1 amide bonds. The van der Waals surface area contributed by atoms with E-state index in [-0.39, 0.29) is 5.91 Å². The van der Waals surface area contributed by atoms with Gasteiger partial charge in [-0.05, 0) is 35.4 Å². The molecule has 2 N–H and O–H groups in total. The first-order chi connectivity index (χ1) is 12.1. The fourth-order valence-corrected chi connectivity index (χ4v) is 2.44. The second-order valence-electron chi connectivity index (χ2n) is 5.52. The number of rotatable bonds is 9. The minimum absolute atomic E-state index is 0.00904. The smallest absolute Gasteiger partial charge is 0.221 e. The van der Waals surface area contributed by atoms with Crippen LogP contribution in [0, 0.1) is 0 Å². The molecular weight excluding hydrogens is 340 g/mol. The predicted octanol–water partition coefficient (Wildman–Crippen LogP) is 3.15. The van der Waals surface area contributed by atoms with Crippen LogP contribution in [0.5, 0.6) is 11.5 Å². The zero-order chi connectivity index (χ0) is 18.1. The van der Waals surface area contributed by atoms with Crippen LogP contribution in [0.4, 0.5) is 0 Å². The van der Waals surface area contributed by atoms with E-state index < -0.39 is 0 Å². The molecule has 6 heteroatoms. The van der Waals surface area contributed by atoms with Gasteiger partial charge < -0.3 is 20.1 Å². The lowest BCUT2D eigenvalue weighted by atomic mass is 10.2. The highest BCUT2D eigenvalue weighted by Crippen LogP contribution is 2.27. The number of amides is 1. The third-order valence-electron chi connectivity index (χ3n) is 3.71. The molecule has 2 rings (SSSR count). The molecule has 2 aromatic rings. The molecule has 0 aliphatic carbocycles. The normalized spacial score (nSPS) is 10.4. The molecule has 0 saturated carbocycles. The summed E-state index contributed by atoms with van der Waals surface area (Å²) in [6.07, 6.45) is 0.418. The van der Waals surface area contributed by atoms with E-state index in [1.165, 1.54) is 0 Å². The summed E-state index contributed by atoms with van der Waals surface area (Å²) < 4.78 is 10.5. The molecule has 0 bridgehead atoms. The highest BCUT2D eigenvalue weighted by atomic mass is 35.5. The first-order valence-electron chi connectivity index (χ1n) is 8.05. The Morgan fingerprint density at radius 2 is 1.64 bits per heavy atom. The van der Waals surface area contributed by atoms with Crippen LogP contribution in [-0.2, 0) is 17.9 Å². The average molecular weight is 363 g/mol. The molecule has 0 fully saturated rings. The van der Waals surface area contributed by atoms with Crippen molar-refractivity contribution in [3.63, 3.8) is 0 Å². The molecular formula is C19H23ClN2O3. The number of carbonyl (C=O) groups is 1. The molecule has 0 atom stereocenters. The minimum atomic E-state index is 0.00904. The van der Waals surface area contributed by atoms with Gasteiger partial charge in [-0.25, -0.2) is 0 Å². The van der Waals surface area contributed by atoms with Gasteiger partial charge in [0.25, 0.3) is 0 Å². The Balaban J connectivity index is 1.68. The van der Waals surface area contributed by atoms with Gasteiger partial charge in [0.1, 0.15) is 0 Å². The fraction of sp³-hybridized carbons (Fsp3) is 0.316. The van der Waals surface area contributed by atoms with Gasteiger partial charge in [0.2, 0.25) is 5.91 Å². The molecule has 2 aromatic carbocycles. The standard InChI is InChI=1S/C19H23ClN2O3/c1-24-17-8-5-15(11-18(17)25-2)12-21-10-9-19(23)22-13-14-3-6-16(20)7-4-14/h3-8,11,21H,9-10,12-13H2,1-2H3,(H,22,23). The second kappa shape index (κ2) is 9.91. The molecule has 0 unspecified atom stereocenters. The highest BCUT2D eigenvalue weighted by molar-refractivity contribution is 6.30. The Morgan fingerprint density at radius 1 is 0.960 bits per heavy atom. The van der Waals surface area contributed by atoms with E-state index >= 15 is 0 Å². The maximum atomic E-state index is 11.9. The quantitative estimate of drug-likeness (QED) is 0.673. The molecule has 0 radical (unpaired) electrons. The van der Waals surface area contributed by atoms with Crippen molar-refractivity contribution >= 4 is 17.5 Å². The van der Waals surface area contributed by atoms with Crippen molar-refractivity contribution in [2.45, 2.75) is 19.5 Å². The van der Waals surface area contributed by atoms with E-state index in [0.29, 0.717) is 42.6 Å². The molecule has 5 nitrogen and oxygen atoms in total. The van der Waals surface area contributed by atoms with Crippen molar-refractivity contribution in [3.05, 3.63) is 58.6 Å². The monoisotopic (exact) mass is 362 g/mol. The van der Waals surface area contributed by atoms with Crippen LogP contribution in [-0.4, -0.2) is 26.7 Å². The van der Waals surface area contributed by atoms with Crippen LogP contribution in [0.1, 0.15) is 17.5 Å². The topological polar surface area (TPSA) is 59.6 Å². The summed E-state index contributed by atoms with van der Waals surface area (Å²) in [6.45, 7) is 1.76. The number of ether oxygens (including phenoxy) is 2. The molecule has 0 aliphatic heterocycles. The summed E-state index contributed by atoms with van der Waals surface area (Å²) in [5.74, 6) is 1.41. The Kier molecular flexibility index (Phi) is 7.57. The molecule has 0 aromatic heterocycles. The summed E-state index contributed by atoms with van der Waals surface area (Å²) in [7, 11) is 3.22. The SMILES string of the molecule is COc1ccc(CNCCC(=O)NCc2ccc(Cl)cc2)cc1OC. The van der Waals surface area contributed by atoms with E-state index in [0.717, 1.165) is 11.1 Å². The molecule has 134 valence electrons. The largest absolute Gasteiger partial charge is 0.493 e. The third-order valence-corrected chi connectivity index (χ3v) is 3.96. The van der Waals surface area contributed by atoms with E-state index in [2.05, 4.69) is 10.6 Å². The van der Waals surface area contributed by atoms with Gasteiger partial charge in [-0.15, -0.1) is 0 Å². The molecule has 25 heavy (non-hydrogen) atoms. The Bertz CT molecular complexity index is 690. The number of carbonyl (C=O) groups excluding carboxylic acids is 1. The minimum Gasteiger partial charge on any atom is -0.493 e. The van der Waals surface area contributed by atoms with Gasteiger partial charge in [-0.2, -0.15) is 0 Å². The van der Waals surface area contributed by atoms with Crippen molar-refractivity contribution in [2.24, 2.45) is 0 Å². The number of hydrogen-bond donors (Lipinski definition) is 2. The van der Waals surface area contributed by atoms with Gasteiger partial charge in [0, 0.05) is 31.1 Å². The zero-order valence-corrected chi connectivity index (χ0v) is 15.2. The van der Waals surface area contributed by atoms with Crippen molar-refractivity contribution in [1.82, 2.24) is 10.6 Å². The number of methoxy groups -OCH3 is 2. The summed E-state index contributed by atoms with van der Waals surface area (Å²) in [4.78, 5) is 11.9. The Morgan fingerprint density at radius 3 is 2.32 bits per heavy atom. The summed E-state index contributed by atoms with van der Waals surface area (Å²) in [5, 5.41) is 6.83. The van der Waals surface area contributed by atoms with Crippen LogP contribution < -0.4 is 20.1 Å². The lowest BCUT2D eigenvalue weighted by Gasteiger charge is -2.10. The Labute approximate surface area is 153 Å². The summed E-state index contributed by atoms with van der Waals surface area (Å²) in [5.41, 5.74) is 2.09. The molecule has 0 saturated heterocycles. The zero-order valence-electron chi connectivity index (χ0n) is 14.5. The molecule has 0 spiro atoms. The number of hydrogen-bond acceptors (Lipinski definition) is 4. The summed E-state index contributed by atoms with van der Waals surface area (Å²) >= 11 is 5.83. The van der Waals surface area contributed by atoms with Crippen molar-refractivity contribution in [1.29, 1.82) is 0 Å². The van der Waals surface area contributed by atoms with E-state index in [1.807, 2.05) is 42.5 Å². The fourth-order valence-electron chi connectivity index (χ4n) is 2.32. The maximum absolute atomic E-state index is 11.9. The van der Waals surface area contributed by atoms with Gasteiger partial charge in [0.15, 0.2) is 11.5 Å². The van der Waals surface area contributed by atoms with Gasteiger partial charge >= 0.3 is 0 Å². The Hall–Kier alpha value is -2.24.